The van der Waals surface area contributed by atoms with E-state index in [0.717, 1.165) is 12.8 Å². The molecule has 0 aliphatic rings. The van der Waals surface area contributed by atoms with E-state index in [1.165, 1.54) is 4.68 Å². The average Bonchev–Trinajstić information content (AvgIpc) is 2.38. The van der Waals surface area contributed by atoms with Crippen molar-refractivity contribution in [3.05, 3.63) is 21.0 Å². The summed E-state index contributed by atoms with van der Waals surface area (Å²) in [4.78, 5) is 12.2. The molecule has 0 saturated carbocycles. The van der Waals surface area contributed by atoms with E-state index in [9.17, 15) is 4.79 Å². The first-order chi connectivity index (χ1) is 9.33. The third-order valence-electron chi connectivity index (χ3n) is 3.17. The van der Waals surface area contributed by atoms with Crippen LogP contribution in [0.1, 0.15) is 40.5 Å². The number of rotatable bonds is 7. The Morgan fingerprint density at radius 1 is 1.55 bits per heavy atom. The van der Waals surface area contributed by atoms with Crippen LogP contribution in [0.5, 0.6) is 0 Å². The minimum absolute atomic E-state index is 0.110. The van der Waals surface area contributed by atoms with Gasteiger partial charge in [0, 0.05) is 18.6 Å². The molecular weight excluding hydrogens is 320 g/mol. The fourth-order valence-corrected chi connectivity index (χ4v) is 2.74. The summed E-state index contributed by atoms with van der Waals surface area (Å²) in [6.45, 7) is 9.51. The quantitative estimate of drug-likeness (QED) is 0.797. The van der Waals surface area contributed by atoms with Crippen LogP contribution in [0.15, 0.2) is 15.5 Å². The molecule has 6 heteroatoms. The summed E-state index contributed by atoms with van der Waals surface area (Å²) in [5, 5.41) is 7.56. The number of nitrogens with two attached hydrogens (primary N) is 1. The molecule has 1 aromatic rings. The zero-order valence-corrected chi connectivity index (χ0v) is 14.3. The van der Waals surface area contributed by atoms with Crippen molar-refractivity contribution in [1.29, 1.82) is 0 Å². The van der Waals surface area contributed by atoms with E-state index in [2.05, 4.69) is 47.1 Å². The van der Waals surface area contributed by atoms with Gasteiger partial charge in [0.2, 0.25) is 0 Å². The second-order valence-electron chi connectivity index (χ2n) is 5.89. The minimum atomic E-state index is -0.248. The normalized spacial score (nSPS) is 14.3. The van der Waals surface area contributed by atoms with Crippen LogP contribution in [0.3, 0.4) is 0 Å². The molecule has 5 nitrogen and oxygen atoms in total. The molecular formula is C14H25BrN4O. The molecule has 0 fully saturated rings. The molecule has 0 saturated heterocycles. The van der Waals surface area contributed by atoms with Gasteiger partial charge in [-0.2, -0.15) is 5.10 Å². The molecule has 0 aliphatic carbocycles. The van der Waals surface area contributed by atoms with Gasteiger partial charge in [-0.25, -0.2) is 4.68 Å². The van der Waals surface area contributed by atoms with Crippen molar-refractivity contribution in [2.45, 2.75) is 52.6 Å². The van der Waals surface area contributed by atoms with E-state index >= 15 is 0 Å². The maximum Gasteiger partial charge on any atom is 0.283 e. The van der Waals surface area contributed by atoms with Crippen molar-refractivity contribution >= 4 is 21.6 Å². The fourth-order valence-electron chi connectivity index (χ4n) is 2.33. The predicted molar refractivity (Wildman–Crippen MR) is 87.0 cm³/mol. The van der Waals surface area contributed by atoms with Crippen LogP contribution in [-0.2, 0) is 6.54 Å². The topological polar surface area (TPSA) is 72.9 Å². The van der Waals surface area contributed by atoms with E-state index in [1.807, 2.05) is 6.92 Å². The Hall–Kier alpha value is -0.880. The average molecular weight is 345 g/mol. The maximum absolute atomic E-state index is 12.2. The third-order valence-corrected chi connectivity index (χ3v) is 3.93. The van der Waals surface area contributed by atoms with Crippen LogP contribution < -0.4 is 16.6 Å². The van der Waals surface area contributed by atoms with E-state index in [0.29, 0.717) is 29.2 Å². The van der Waals surface area contributed by atoms with Gasteiger partial charge in [-0.1, -0.05) is 20.8 Å². The summed E-state index contributed by atoms with van der Waals surface area (Å²) in [6, 6.07) is 0. The molecule has 1 atom stereocenters. The molecule has 0 radical (unpaired) electrons. The standard InChI is InChI=1S/C14H25BrN4O/c1-5-6-19-13(20)12(15)11(8-17-19)18-14(4,9-16)7-10(2)3/h8,10,18H,5-7,9,16H2,1-4H3. The first kappa shape index (κ1) is 17.2. The van der Waals surface area contributed by atoms with Gasteiger partial charge >= 0.3 is 0 Å². The van der Waals surface area contributed by atoms with Gasteiger partial charge in [0.1, 0.15) is 4.47 Å². The minimum Gasteiger partial charge on any atom is -0.376 e. The molecule has 1 unspecified atom stereocenters. The lowest BCUT2D eigenvalue weighted by Crippen LogP contribution is -2.44. The zero-order chi connectivity index (χ0) is 15.3. The number of aromatic nitrogens is 2. The van der Waals surface area contributed by atoms with Gasteiger partial charge in [-0.3, -0.25) is 4.79 Å². The van der Waals surface area contributed by atoms with Crippen LogP contribution in [-0.4, -0.2) is 21.9 Å². The Morgan fingerprint density at radius 2 is 2.20 bits per heavy atom. The van der Waals surface area contributed by atoms with Gasteiger partial charge in [-0.05, 0) is 41.6 Å². The second kappa shape index (κ2) is 7.22. The highest BCUT2D eigenvalue weighted by molar-refractivity contribution is 9.10. The molecule has 0 amide bonds. The van der Waals surface area contributed by atoms with Gasteiger partial charge in [-0.15, -0.1) is 0 Å². The van der Waals surface area contributed by atoms with Crippen LogP contribution in [0.2, 0.25) is 0 Å². The van der Waals surface area contributed by atoms with Crippen molar-refractivity contribution in [3.63, 3.8) is 0 Å². The molecule has 0 aromatic carbocycles. The van der Waals surface area contributed by atoms with Crippen LogP contribution >= 0.6 is 15.9 Å². The van der Waals surface area contributed by atoms with Gasteiger partial charge in [0.25, 0.3) is 5.56 Å². The molecule has 0 spiro atoms. The van der Waals surface area contributed by atoms with Crippen LogP contribution in [0.4, 0.5) is 5.69 Å². The number of aryl methyl sites for hydroxylation is 1. The lowest BCUT2D eigenvalue weighted by Gasteiger charge is -2.32. The number of hydrogen-bond donors (Lipinski definition) is 2. The number of halogens is 1. The van der Waals surface area contributed by atoms with E-state index in [1.54, 1.807) is 6.20 Å². The number of nitrogens with one attached hydrogen (secondary N) is 1. The Balaban J connectivity index is 3.03. The molecule has 0 bridgehead atoms. The fraction of sp³-hybridized carbons (Fsp3) is 0.714. The molecule has 20 heavy (non-hydrogen) atoms. The van der Waals surface area contributed by atoms with Crippen molar-refractivity contribution in [3.8, 4) is 0 Å². The molecule has 1 rings (SSSR count). The summed E-state index contributed by atoms with van der Waals surface area (Å²) in [7, 11) is 0. The van der Waals surface area contributed by atoms with E-state index in [4.69, 9.17) is 5.73 Å². The first-order valence-electron chi connectivity index (χ1n) is 7.07. The Labute approximate surface area is 129 Å². The third kappa shape index (κ3) is 4.31. The molecule has 114 valence electrons. The van der Waals surface area contributed by atoms with E-state index in [-0.39, 0.29) is 11.1 Å². The van der Waals surface area contributed by atoms with Crippen LogP contribution in [0.25, 0.3) is 0 Å². The first-order valence-corrected chi connectivity index (χ1v) is 7.86. The second-order valence-corrected chi connectivity index (χ2v) is 6.68. The highest BCUT2D eigenvalue weighted by atomic mass is 79.9. The summed E-state index contributed by atoms with van der Waals surface area (Å²) >= 11 is 3.37. The number of anilines is 1. The molecule has 1 heterocycles. The van der Waals surface area contributed by atoms with Gasteiger partial charge in [0.15, 0.2) is 0 Å². The van der Waals surface area contributed by atoms with Crippen molar-refractivity contribution in [1.82, 2.24) is 9.78 Å². The lowest BCUT2D eigenvalue weighted by atomic mass is 9.90. The summed E-state index contributed by atoms with van der Waals surface area (Å²) in [6.07, 6.45) is 3.49. The van der Waals surface area contributed by atoms with Crippen molar-refractivity contribution in [2.24, 2.45) is 11.7 Å². The summed E-state index contributed by atoms with van der Waals surface area (Å²) < 4.78 is 1.99. The van der Waals surface area contributed by atoms with Gasteiger partial charge in [0.05, 0.1) is 11.9 Å². The largest absolute Gasteiger partial charge is 0.376 e. The van der Waals surface area contributed by atoms with E-state index < -0.39 is 0 Å². The zero-order valence-electron chi connectivity index (χ0n) is 12.7. The Bertz CT molecular complexity index is 500. The summed E-state index contributed by atoms with van der Waals surface area (Å²) in [5.41, 5.74) is 6.23. The lowest BCUT2D eigenvalue weighted by molar-refractivity contribution is 0.406. The number of hydrogen-bond acceptors (Lipinski definition) is 4. The highest BCUT2D eigenvalue weighted by Crippen LogP contribution is 2.25. The molecule has 1 aromatic heterocycles. The summed E-state index contributed by atoms with van der Waals surface area (Å²) in [5.74, 6) is 0.517. The van der Waals surface area contributed by atoms with Crippen molar-refractivity contribution in [2.75, 3.05) is 11.9 Å². The molecule has 3 N–H and O–H groups in total. The van der Waals surface area contributed by atoms with Gasteiger partial charge < -0.3 is 11.1 Å². The highest BCUT2D eigenvalue weighted by Gasteiger charge is 2.25. The maximum atomic E-state index is 12.2. The predicted octanol–water partition coefficient (Wildman–Crippen LogP) is 2.59. The number of nitrogens with zero attached hydrogens (tertiary/aromatic N) is 2. The smallest absolute Gasteiger partial charge is 0.283 e. The molecule has 0 aliphatic heterocycles. The monoisotopic (exact) mass is 344 g/mol. The SMILES string of the molecule is CCCn1ncc(NC(C)(CN)CC(C)C)c(Br)c1=O. The van der Waals surface area contributed by atoms with Crippen LogP contribution in [0, 0.1) is 5.92 Å². The Morgan fingerprint density at radius 3 is 2.70 bits per heavy atom. The Kier molecular flexibility index (Phi) is 6.20. The van der Waals surface area contributed by atoms with Crippen molar-refractivity contribution < 1.29 is 0 Å².